The fourth-order valence-electron chi connectivity index (χ4n) is 4.38. The molecule has 1 aliphatic heterocycles. The molecule has 0 saturated carbocycles. The van der Waals surface area contributed by atoms with Crippen LogP contribution in [-0.4, -0.2) is 40.4 Å². The van der Waals surface area contributed by atoms with Crippen molar-refractivity contribution in [3.05, 3.63) is 83.7 Å². The molecule has 2 heterocycles. The molecule has 0 spiro atoms. The molecule has 0 amide bonds. The zero-order chi connectivity index (χ0) is 20.1. The van der Waals surface area contributed by atoms with Crippen molar-refractivity contribution >= 4 is 0 Å². The quantitative estimate of drug-likeness (QED) is 0.645. The Bertz CT molecular complexity index is 880. The van der Waals surface area contributed by atoms with Gasteiger partial charge >= 0.3 is 0 Å². The molecule has 1 fully saturated rings. The van der Waals surface area contributed by atoms with Crippen LogP contribution in [0.4, 0.5) is 0 Å². The number of hydrogen-bond donors (Lipinski definition) is 1. The Kier molecular flexibility index (Phi) is 6.43. The van der Waals surface area contributed by atoms with Gasteiger partial charge in [-0.05, 0) is 63.9 Å². The van der Waals surface area contributed by atoms with E-state index in [2.05, 4.69) is 83.8 Å². The Balaban J connectivity index is 1.28. The van der Waals surface area contributed by atoms with Crippen molar-refractivity contribution in [1.82, 2.24) is 20.0 Å². The predicted molar refractivity (Wildman–Crippen MR) is 119 cm³/mol. The first-order valence-corrected chi connectivity index (χ1v) is 10.8. The number of hydrogen-bond acceptors (Lipinski definition) is 3. The molecule has 1 N–H and O–H groups in total. The average molecular weight is 389 g/mol. The van der Waals surface area contributed by atoms with Crippen molar-refractivity contribution in [2.45, 2.75) is 45.2 Å². The van der Waals surface area contributed by atoms with Gasteiger partial charge in [0.25, 0.3) is 0 Å². The van der Waals surface area contributed by atoms with Gasteiger partial charge in [0.15, 0.2) is 0 Å². The lowest BCUT2D eigenvalue weighted by Gasteiger charge is -2.34. The van der Waals surface area contributed by atoms with E-state index in [0.29, 0.717) is 12.1 Å². The van der Waals surface area contributed by atoms with Crippen LogP contribution >= 0.6 is 0 Å². The lowest BCUT2D eigenvalue weighted by atomic mass is 10.0. The van der Waals surface area contributed by atoms with Gasteiger partial charge in [-0.1, -0.05) is 48.5 Å². The summed E-state index contributed by atoms with van der Waals surface area (Å²) in [5.74, 6) is 0. The van der Waals surface area contributed by atoms with Crippen LogP contribution < -0.4 is 5.32 Å². The maximum Gasteiger partial charge on any atom is 0.0648 e. The van der Waals surface area contributed by atoms with Gasteiger partial charge in [0.05, 0.1) is 11.9 Å². The molecule has 1 aromatic heterocycles. The third-order valence-electron chi connectivity index (χ3n) is 6.15. The van der Waals surface area contributed by atoms with Crippen LogP contribution in [0.2, 0.25) is 0 Å². The number of piperidine rings is 1. The third kappa shape index (κ3) is 4.95. The van der Waals surface area contributed by atoms with Crippen LogP contribution in [0.25, 0.3) is 5.69 Å². The van der Waals surface area contributed by atoms with Gasteiger partial charge in [-0.15, -0.1) is 0 Å². The van der Waals surface area contributed by atoms with Gasteiger partial charge in [-0.2, -0.15) is 5.10 Å². The number of nitrogens with one attached hydrogen (secondary N) is 1. The van der Waals surface area contributed by atoms with Gasteiger partial charge in [0.2, 0.25) is 0 Å². The summed E-state index contributed by atoms with van der Waals surface area (Å²) in [4.78, 5) is 2.61. The zero-order valence-corrected chi connectivity index (χ0v) is 17.6. The van der Waals surface area contributed by atoms with Crippen molar-refractivity contribution in [2.24, 2.45) is 0 Å². The maximum absolute atomic E-state index is 4.63. The molecule has 0 radical (unpaired) electrons. The summed E-state index contributed by atoms with van der Waals surface area (Å²) in [6.07, 6.45) is 5.60. The number of likely N-dealkylation sites (tertiary alicyclic amines) is 1. The molecule has 4 heteroatoms. The first-order chi connectivity index (χ1) is 14.2. The summed E-state index contributed by atoms with van der Waals surface area (Å²) in [6, 6.07) is 22.1. The van der Waals surface area contributed by atoms with E-state index in [4.69, 9.17) is 0 Å². The van der Waals surface area contributed by atoms with Crippen molar-refractivity contribution < 1.29 is 0 Å². The van der Waals surface area contributed by atoms with Gasteiger partial charge in [-0.25, -0.2) is 4.68 Å². The summed E-state index contributed by atoms with van der Waals surface area (Å²) in [6.45, 7) is 7.95. The van der Waals surface area contributed by atoms with Crippen LogP contribution in [0, 0.1) is 6.92 Å². The summed E-state index contributed by atoms with van der Waals surface area (Å²) in [5.41, 5.74) is 5.07. The van der Waals surface area contributed by atoms with Crippen molar-refractivity contribution in [3.8, 4) is 5.69 Å². The second-order valence-electron chi connectivity index (χ2n) is 8.17. The molecule has 0 aliphatic carbocycles. The highest BCUT2D eigenvalue weighted by Gasteiger charge is 2.22. The lowest BCUT2D eigenvalue weighted by Crippen LogP contribution is -2.43. The van der Waals surface area contributed by atoms with E-state index >= 15 is 0 Å². The Labute approximate surface area is 174 Å². The topological polar surface area (TPSA) is 33.1 Å². The van der Waals surface area contributed by atoms with E-state index in [1.807, 2.05) is 16.9 Å². The van der Waals surface area contributed by atoms with Gasteiger partial charge in [-0.3, -0.25) is 0 Å². The molecular weight excluding hydrogens is 356 g/mol. The second kappa shape index (κ2) is 9.38. The standard InChI is InChI=1S/C25H32N4/c1-20(25-19-26-29(21(25)2)24-11-7-4-8-12-24)27-23-14-17-28(18-15-23)16-13-22-9-5-3-6-10-22/h3-12,19-20,23,27H,13-18H2,1-2H3/t20-/m1/s1. The first-order valence-electron chi connectivity index (χ1n) is 10.8. The highest BCUT2D eigenvalue weighted by atomic mass is 15.3. The van der Waals surface area contributed by atoms with E-state index in [1.165, 1.54) is 42.8 Å². The van der Waals surface area contributed by atoms with Crippen LogP contribution in [0.5, 0.6) is 0 Å². The number of aromatic nitrogens is 2. The predicted octanol–water partition coefficient (Wildman–Crippen LogP) is 4.54. The zero-order valence-electron chi connectivity index (χ0n) is 17.6. The fraction of sp³-hybridized carbons (Fsp3) is 0.400. The van der Waals surface area contributed by atoms with E-state index in [9.17, 15) is 0 Å². The van der Waals surface area contributed by atoms with E-state index in [1.54, 1.807) is 0 Å². The molecule has 0 unspecified atom stereocenters. The molecule has 0 bridgehead atoms. The third-order valence-corrected chi connectivity index (χ3v) is 6.15. The summed E-state index contributed by atoms with van der Waals surface area (Å²) in [5, 5.41) is 8.49. The molecule has 1 atom stereocenters. The number of rotatable bonds is 7. The number of nitrogens with zero attached hydrogens (tertiary/aromatic N) is 3. The Morgan fingerprint density at radius 1 is 1.00 bits per heavy atom. The van der Waals surface area contributed by atoms with Gasteiger partial charge in [0, 0.05) is 29.9 Å². The molecule has 4 nitrogen and oxygen atoms in total. The highest BCUT2D eigenvalue weighted by Crippen LogP contribution is 2.22. The van der Waals surface area contributed by atoms with Gasteiger partial charge in [0.1, 0.15) is 0 Å². The average Bonchev–Trinajstić information content (AvgIpc) is 3.16. The van der Waals surface area contributed by atoms with Crippen LogP contribution in [0.1, 0.15) is 42.6 Å². The van der Waals surface area contributed by atoms with Crippen LogP contribution in [0.3, 0.4) is 0 Å². The SMILES string of the molecule is Cc1c([C@@H](C)NC2CCN(CCc3ccccc3)CC2)cnn1-c1ccccc1. The maximum atomic E-state index is 4.63. The Hall–Kier alpha value is -2.43. The molecule has 3 aromatic rings. The first kappa shape index (κ1) is 19.9. The molecule has 1 aliphatic rings. The highest BCUT2D eigenvalue weighted by molar-refractivity contribution is 5.35. The molecular formula is C25H32N4. The molecule has 4 rings (SSSR count). The fourth-order valence-corrected chi connectivity index (χ4v) is 4.38. The van der Waals surface area contributed by atoms with Gasteiger partial charge < -0.3 is 10.2 Å². The van der Waals surface area contributed by atoms with Crippen LogP contribution in [-0.2, 0) is 6.42 Å². The van der Waals surface area contributed by atoms with Crippen molar-refractivity contribution in [3.63, 3.8) is 0 Å². The number of para-hydroxylation sites is 1. The molecule has 152 valence electrons. The van der Waals surface area contributed by atoms with Crippen molar-refractivity contribution in [1.29, 1.82) is 0 Å². The summed E-state index contributed by atoms with van der Waals surface area (Å²) in [7, 11) is 0. The molecule has 29 heavy (non-hydrogen) atoms. The Morgan fingerprint density at radius 2 is 1.66 bits per heavy atom. The largest absolute Gasteiger partial charge is 0.307 e. The molecule has 1 saturated heterocycles. The lowest BCUT2D eigenvalue weighted by molar-refractivity contribution is 0.194. The van der Waals surface area contributed by atoms with E-state index in [-0.39, 0.29) is 0 Å². The minimum absolute atomic E-state index is 0.313. The monoisotopic (exact) mass is 388 g/mol. The minimum atomic E-state index is 0.313. The van der Waals surface area contributed by atoms with E-state index in [0.717, 1.165) is 18.7 Å². The summed E-state index contributed by atoms with van der Waals surface area (Å²) >= 11 is 0. The number of benzene rings is 2. The van der Waals surface area contributed by atoms with Crippen molar-refractivity contribution in [2.75, 3.05) is 19.6 Å². The van der Waals surface area contributed by atoms with Crippen LogP contribution in [0.15, 0.2) is 66.9 Å². The minimum Gasteiger partial charge on any atom is -0.307 e. The smallest absolute Gasteiger partial charge is 0.0648 e. The van der Waals surface area contributed by atoms with E-state index < -0.39 is 0 Å². The Morgan fingerprint density at radius 3 is 2.34 bits per heavy atom. The molecule has 2 aromatic carbocycles. The normalized spacial score (nSPS) is 16.8. The second-order valence-corrected chi connectivity index (χ2v) is 8.17. The summed E-state index contributed by atoms with van der Waals surface area (Å²) < 4.78 is 2.04.